The molecule has 1 aliphatic carbocycles. The first-order valence-electron chi connectivity index (χ1n) is 7.35. The topological polar surface area (TPSA) is 75.3 Å². The standard InChI is InChI=1S/C15H20N2O3S/c1-10(15(18)17-11-6-7-11)16-13-8-9-21(19,20)14-5-3-2-4-12(13)14/h2-5,10-11,13,16H,6-9H2,1H3,(H,17,18). The molecule has 2 unspecified atom stereocenters. The second-order valence-electron chi connectivity index (χ2n) is 5.87. The fraction of sp³-hybridized carbons (Fsp3) is 0.533. The van der Waals surface area contributed by atoms with Gasteiger partial charge in [-0.3, -0.25) is 10.1 Å². The number of sulfone groups is 1. The van der Waals surface area contributed by atoms with Gasteiger partial charge in [0, 0.05) is 12.1 Å². The van der Waals surface area contributed by atoms with Gasteiger partial charge in [0.2, 0.25) is 5.91 Å². The van der Waals surface area contributed by atoms with Crippen molar-refractivity contribution in [1.29, 1.82) is 0 Å². The summed E-state index contributed by atoms with van der Waals surface area (Å²) in [5.41, 5.74) is 0.773. The first kappa shape index (κ1) is 14.5. The highest BCUT2D eigenvalue weighted by atomic mass is 32.2. The third-order valence-corrected chi connectivity index (χ3v) is 5.89. The molecule has 0 aromatic heterocycles. The molecule has 3 rings (SSSR count). The largest absolute Gasteiger partial charge is 0.352 e. The molecule has 0 bridgehead atoms. The van der Waals surface area contributed by atoms with Crippen molar-refractivity contribution >= 4 is 15.7 Å². The Hall–Kier alpha value is -1.40. The van der Waals surface area contributed by atoms with Crippen molar-refractivity contribution < 1.29 is 13.2 Å². The van der Waals surface area contributed by atoms with Crippen molar-refractivity contribution in [2.75, 3.05) is 5.75 Å². The maximum atomic E-state index is 12.1. The summed E-state index contributed by atoms with van der Waals surface area (Å²) < 4.78 is 24.2. The second kappa shape index (κ2) is 5.42. The zero-order valence-corrected chi connectivity index (χ0v) is 12.8. The van der Waals surface area contributed by atoms with Crippen LogP contribution in [-0.4, -0.2) is 32.2 Å². The Kier molecular flexibility index (Phi) is 3.75. The van der Waals surface area contributed by atoms with Crippen LogP contribution in [0, 0.1) is 0 Å². The van der Waals surface area contributed by atoms with E-state index in [0.717, 1.165) is 18.4 Å². The summed E-state index contributed by atoms with van der Waals surface area (Å²) in [4.78, 5) is 12.4. The van der Waals surface area contributed by atoms with Crippen LogP contribution in [0.25, 0.3) is 0 Å². The molecule has 1 aromatic rings. The van der Waals surface area contributed by atoms with E-state index in [2.05, 4.69) is 10.6 Å². The third-order valence-electron chi connectivity index (χ3n) is 4.07. The SMILES string of the molecule is CC(NC1CCS(=O)(=O)c2ccccc21)C(=O)NC1CC1. The fourth-order valence-corrected chi connectivity index (χ4v) is 4.32. The normalized spacial score (nSPS) is 24.9. The van der Waals surface area contributed by atoms with Crippen molar-refractivity contribution in [3.05, 3.63) is 29.8 Å². The van der Waals surface area contributed by atoms with Crippen LogP contribution < -0.4 is 10.6 Å². The van der Waals surface area contributed by atoms with E-state index >= 15 is 0 Å². The van der Waals surface area contributed by atoms with E-state index < -0.39 is 9.84 Å². The van der Waals surface area contributed by atoms with Crippen molar-refractivity contribution in [1.82, 2.24) is 10.6 Å². The molecule has 2 N–H and O–H groups in total. The van der Waals surface area contributed by atoms with Crippen molar-refractivity contribution in [2.45, 2.75) is 49.2 Å². The van der Waals surface area contributed by atoms with Gasteiger partial charge in [0.15, 0.2) is 9.84 Å². The summed E-state index contributed by atoms with van der Waals surface area (Å²) in [5, 5.41) is 6.23. The lowest BCUT2D eigenvalue weighted by molar-refractivity contribution is -0.123. The molecule has 1 fully saturated rings. The monoisotopic (exact) mass is 308 g/mol. The van der Waals surface area contributed by atoms with Crippen LogP contribution in [0.15, 0.2) is 29.2 Å². The molecule has 0 radical (unpaired) electrons. The summed E-state index contributed by atoms with van der Waals surface area (Å²) in [7, 11) is -3.18. The number of amides is 1. The predicted molar refractivity (Wildman–Crippen MR) is 79.6 cm³/mol. The summed E-state index contributed by atoms with van der Waals surface area (Å²) in [6.07, 6.45) is 2.62. The van der Waals surface area contributed by atoms with E-state index in [1.54, 1.807) is 12.1 Å². The zero-order valence-electron chi connectivity index (χ0n) is 12.0. The second-order valence-corrected chi connectivity index (χ2v) is 7.95. The molecule has 21 heavy (non-hydrogen) atoms. The number of hydrogen-bond acceptors (Lipinski definition) is 4. The van der Waals surface area contributed by atoms with Gasteiger partial charge in [0.05, 0.1) is 16.7 Å². The molecule has 0 spiro atoms. The average molecular weight is 308 g/mol. The quantitative estimate of drug-likeness (QED) is 0.875. The molecule has 0 saturated heterocycles. The highest BCUT2D eigenvalue weighted by Crippen LogP contribution is 2.32. The number of rotatable bonds is 4. The Morgan fingerprint density at radius 3 is 2.67 bits per heavy atom. The van der Waals surface area contributed by atoms with Crippen LogP contribution in [0.3, 0.4) is 0 Å². The lowest BCUT2D eigenvalue weighted by atomic mass is 10.0. The Bertz CT molecular complexity index is 653. The van der Waals surface area contributed by atoms with Gasteiger partial charge in [-0.1, -0.05) is 18.2 Å². The molecule has 5 nitrogen and oxygen atoms in total. The van der Waals surface area contributed by atoms with Crippen LogP contribution in [0.4, 0.5) is 0 Å². The molecule has 1 saturated carbocycles. The van der Waals surface area contributed by atoms with E-state index in [1.807, 2.05) is 19.1 Å². The Morgan fingerprint density at radius 1 is 1.24 bits per heavy atom. The molecule has 1 amide bonds. The number of carbonyl (C=O) groups is 1. The minimum absolute atomic E-state index is 0.0107. The lowest BCUT2D eigenvalue weighted by Gasteiger charge is -2.28. The number of fused-ring (bicyclic) bond motifs is 1. The van der Waals surface area contributed by atoms with Crippen molar-refractivity contribution in [3.8, 4) is 0 Å². The van der Waals surface area contributed by atoms with Crippen LogP contribution in [0.1, 0.15) is 37.8 Å². The maximum absolute atomic E-state index is 12.1. The van der Waals surface area contributed by atoms with Gasteiger partial charge in [-0.25, -0.2) is 8.42 Å². The number of hydrogen-bond donors (Lipinski definition) is 2. The summed E-state index contributed by atoms with van der Waals surface area (Å²) in [5.74, 6) is 0.113. The Morgan fingerprint density at radius 2 is 1.95 bits per heavy atom. The minimum Gasteiger partial charge on any atom is -0.352 e. The molecule has 1 aliphatic heterocycles. The minimum atomic E-state index is -3.18. The zero-order chi connectivity index (χ0) is 15.0. The van der Waals surface area contributed by atoms with Gasteiger partial charge in [0.25, 0.3) is 0 Å². The van der Waals surface area contributed by atoms with Crippen LogP contribution in [0.2, 0.25) is 0 Å². The van der Waals surface area contributed by atoms with Crippen molar-refractivity contribution in [3.63, 3.8) is 0 Å². The number of benzene rings is 1. The predicted octanol–water partition coefficient (Wildman–Crippen LogP) is 1.16. The Labute approximate surface area is 125 Å². The molecular formula is C15H20N2O3S. The van der Waals surface area contributed by atoms with Crippen LogP contribution in [0.5, 0.6) is 0 Å². The van der Waals surface area contributed by atoms with Gasteiger partial charge in [-0.05, 0) is 37.8 Å². The number of carbonyl (C=O) groups excluding carboxylic acids is 1. The first-order chi connectivity index (χ1) is 9.97. The molecule has 1 aromatic carbocycles. The smallest absolute Gasteiger partial charge is 0.237 e. The molecule has 2 aliphatic rings. The van der Waals surface area contributed by atoms with Crippen LogP contribution in [-0.2, 0) is 14.6 Å². The van der Waals surface area contributed by atoms with Gasteiger partial charge in [0.1, 0.15) is 0 Å². The van der Waals surface area contributed by atoms with Gasteiger partial charge in [-0.2, -0.15) is 0 Å². The van der Waals surface area contributed by atoms with Gasteiger partial charge < -0.3 is 5.32 Å². The lowest BCUT2D eigenvalue weighted by Crippen LogP contribution is -2.45. The molecule has 6 heteroatoms. The van der Waals surface area contributed by atoms with Crippen molar-refractivity contribution in [2.24, 2.45) is 0 Å². The van der Waals surface area contributed by atoms with E-state index in [4.69, 9.17) is 0 Å². The fourth-order valence-electron chi connectivity index (χ4n) is 2.69. The van der Waals surface area contributed by atoms with Crippen LogP contribution >= 0.6 is 0 Å². The summed E-state index contributed by atoms with van der Waals surface area (Å²) in [6.45, 7) is 1.82. The number of nitrogens with one attached hydrogen (secondary N) is 2. The van der Waals surface area contributed by atoms with E-state index in [-0.39, 0.29) is 23.7 Å². The van der Waals surface area contributed by atoms with Gasteiger partial charge in [-0.15, -0.1) is 0 Å². The van der Waals surface area contributed by atoms with E-state index in [1.165, 1.54) is 0 Å². The molecular weight excluding hydrogens is 288 g/mol. The average Bonchev–Trinajstić information content (AvgIpc) is 3.26. The molecule has 1 heterocycles. The maximum Gasteiger partial charge on any atom is 0.237 e. The van der Waals surface area contributed by atoms with Gasteiger partial charge >= 0.3 is 0 Å². The molecule has 114 valence electrons. The highest BCUT2D eigenvalue weighted by molar-refractivity contribution is 7.91. The first-order valence-corrected chi connectivity index (χ1v) is 9.01. The summed E-state index contributed by atoms with van der Waals surface area (Å²) >= 11 is 0. The summed E-state index contributed by atoms with van der Waals surface area (Å²) in [6, 6.07) is 6.96. The third kappa shape index (κ3) is 3.11. The Balaban J connectivity index is 1.75. The molecule has 2 atom stereocenters. The highest BCUT2D eigenvalue weighted by Gasteiger charge is 2.32. The van der Waals surface area contributed by atoms with E-state index in [0.29, 0.717) is 17.4 Å². The van der Waals surface area contributed by atoms with E-state index in [9.17, 15) is 13.2 Å².